The van der Waals surface area contributed by atoms with E-state index in [9.17, 15) is 9.59 Å². The Balaban J connectivity index is 1.80. The molecule has 23 heavy (non-hydrogen) atoms. The molecule has 1 N–H and O–H groups in total. The van der Waals surface area contributed by atoms with Crippen LogP contribution in [0.5, 0.6) is 0 Å². The van der Waals surface area contributed by atoms with Crippen molar-refractivity contribution in [3.05, 3.63) is 46.1 Å². The first-order chi connectivity index (χ1) is 11.1. The quantitative estimate of drug-likeness (QED) is 0.870. The standard InChI is InChI=1S/C16H18N4O2S/c1-3-13-10(2)18-16-20(15(13)22)12(9-23-16)7-14(21)19-11-5-4-6-17-8-11/h4-6,8,12H,3,7,9H2,1-2H3,(H,19,21). The lowest BCUT2D eigenvalue weighted by Gasteiger charge is -2.15. The van der Waals surface area contributed by atoms with E-state index in [0.29, 0.717) is 23.0 Å². The van der Waals surface area contributed by atoms with Gasteiger partial charge in [-0.3, -0.25) is 19.1 Å². The van der Waals surface area contributed by atoms with E-state index in [2.05, 4.69) is 15.3 Å². The van der Waals surface area contributed by atoms with Crippen LogP contribution in [-0.2, 0) is 11.2 Å². The predicted molar refractivity (Wildman–Crippen MR) is 89.9 cm³/mol. The molecular weight excluding hydrogens is 312 g/mol. The molecule has 6 nitrogen and oxygen atoms in total. The van der Waals surface area contributed by atoms with Gasteiger partial charge in [-0.1, -0.05) is 18.7 Å². The summed E-state index contributed by atoms with van der Waals surface area (Å²) in [5.41, 5.74) is 2.16. The largest absolute Gasteiger partial charge is 0.325 e. The molecule has 3 rings (SSSR count). The fourth-order valence-corrected chi connectivity index (χ4v) is 3.92. The topological polar surface area (TPSA) is 76.9 Å². The number of nitrogens with zero attached hydrogens (tertiary/aromatic N) is 3. The minimum atomic E-state index is -0.155. The zero-order valence-corrected chi connectivity index (χ0v) is 13.9. The van der Waals surface area contributed by atoms with Gasteiger partial charge < -0.3 is 5.32 Å². The molecule has 0 saturated carbocycles. The van der Waals surface area contributed by atoms with Crippen molar-refractivity contribution >= 4 is 23.4 Å². The Morgan fingerprint density at radius 3 is 3.04 bits per heavy atom. The maximum Gasteiger partial charge on any atom is 0.257 e. The maximum absolute atomic E-state index is 12.6. The first-order valence-electron chi connectivity index (χ1n) is 7.54. The Hall–Kier alpha value is -2.15. The van der Waals surface area contributed by atoms with Crippen LogP contribution in [0.1, 0.15) is 30.6 Å². The van der Waals surface area contributed by atoms with Gasteiger partial charge in [-0.05, 0) is 25.5 Å². The van der Waals surface area contributed by atoms with Gasteiger partial charge in [-0.15, -0.1) is 0 Å². The number of fused-ring (bicyclic) bond motifs is 1. The minimum absolute atomic E-state index is 0.0147. The smallest absolute Gasteiger partial charge is 0.257 e. The summed E-state index contributed by atoms with van der Waals surface area (Å²) >= 11 is 1.53. The molecule has 7 heteroatoms. The van der Waals surface area contributed by atoms with Crippen LogP contribution in [0, 0.1) is 6.92 Å². The highest BCUT2D eigenvalue weighted by molar-refractivity contribution is 7.99. The minimum Gasteiger partial charge on any atom is -0.325 e. The second-order valence-corrected chi connectivity index (χ2v) is 6.43. The van der Waals surface area contributed by atoms with Gasteiger partial charge in [0.15, 0.2) is 5.16 Å². The number of nitrogens with one attached hydrogen (secondary N) is 1. The van der Waals surface area contributed by atoms with Crippen LogP contribution in [0.2, 0.25) is 0 Å². The van der Waals surface area contributed by atoms with E-state index in [1.165, 1.54) is 11.8 Å². The van der Waals surface area contributed by atoms with E-state index in [1.807, 2.05) is 13.8 Å². The molecule has 0 fully saturated rings. The van der Waals surface area contributed by atoms with Crippen molar-refractivity contribution in [2.45, 2.75) is 37.9 Å². The zero-order chi connectivity index (χ0) is 16.4. The Kier molecular flexibility index (Phi) is 4.47. The lowest BCUT2D eigenvalue weighted by atomic mass is 10.1. The highest BCUT2D eigenvalue weighted by Crippen LogP contribution is 2.32. The van der Waals surface area contributed by atoms with Crippen LogP contribution in [0.25, 0.3) is 0 Å². The number of amides is 1. The first kappa shape index (κ1) is 15.7. The molecule has 0 aromatic carbocycles. The van der Waals surface area contributed by atoms with Crippen LogP contribution in [0.4, 0.5) is 5.69 Å². The molecule has 1 amide bonds. The number of carbonyl (C=O) groups excluding carboxylic acids is 1. The predicted octanol–water partition coefficient (Wildman–Crippen LogP) is 2.18. The summed E-state index contributed by atoms with van der Waals surface area (Å²) in [6.07, 6.45) is 4.15. The van der Waals surface area contributed by atoms with Crippen molar-refractivity contribution < 1.29 is 4.79 Å². The van der Waals surface area contributed by atoms with Gasteiger partial charge >= 0.3 is 0 Å². The molecule has 0 aliphatic carbocycles. The summed E-state index contributed by atoms with van der Waals surface area (Å²) in [5, 5.41) is 3.52. The third kappa shape index (κ3) is 3.14. The van der Waals surface area contributed by atoms with Crippen molar-refractivity contribution in [2.75, 3.05) is 11.1 Å². The Bertz CT molecular complexity index is 789. The molecule has 0 saturated heterocycles. The molecule has 0 radical (unpaired) electrons. The van der Waals surface area contributed by atoms with Gasteiger partial charge in [0.1, 0.15) is 0 Å². The molecule has 3 heterocycles. The van der Waals surface area contributed by atoms with Gasteiger partial charge in [0.25, 0.3) is 5.56 Å². The number of hydrogen-bond acceptors (Lipinski definition) is 5. The van der Waals surface area contributed by atoms with Gasteiger partial charge in [0.05, 0.1) is 17.9 Å². The molecular formula is C16H18N4O2S. The molecule has 0 bridgehead atoms. The lowest BCUT2D eigenvalue weighted by molar-refractivity contribution is -0.116. The summed E-state index contributed by atoms with van der Waals surface area (Å²) in [6, 6.07) is 3.40. The molecule has 1 unspecified atom stereocenters. The van der Waals surface area contributed by atoms with Crippen LogP contribution < -0.4 is 10.9 Å². The molecule has 0 spiro atoms. The normalized spacial score (nSPS) is 16.2. The number of thioether (sulfide) groups is 1. The third-order valence-electron chi connectivity index (χ3n) is 3.87. The van der Waals surface area contributed by atoms with E-state index >= 15 is 0 Å². The molecule has 2 aromatic heterocycles. The van der Waals surface area contributed by atoms with Crippen LogP contribution in [0.3, 0.4) is 0 Å². The number of pyridine rings is 1. The van der Waals surface area contributed by atoms with Crippen LogP contribution in [0.15, 0.2) is 34.5 Å². The Morgan fingerprint density at radius 1 is 1.52 bits per heavy atom. The van der Waals surface area contributed by atoms with E-state index < -0.39 is 0 Å². The summed E-state index contributed by atoms with van der Waals surface area (Å²) in [6.45, 7) is 3.81. The summed E-state index contributed by atoms with van der Waals surface area (Å²) < 4.78 is 1.68. The monoisotopic (exact) mass is 330 g/mol. The number of aromatic nitrogens is 3. The number of hydrogen-bond donors (Lipinski definition) is 1. The second-order valence-electron chi connectivity index (χ2n) is 5.45. The fourth-order valence-electron chi connectivity index (χ4n) is 2.74. The van der Waals surface area contributed by atoms with Crippen molar-refractivity contribution in [2.24, 2.45) is 0 Å². The molecule has 1 aliphatic heterocycles. The first-order valence-corrected chi connectivity index (χ1v) is 8.53. The summed E-state index contributed by atoms with van der Waals surface area (Å²) in [5.74, 6) is 0.567. The van der Waals surface area contributed by atoms with Gasteiger partial charge in [0, 0.05) is 29.6 Å². The highest BCUT2D eigenvalue weighted by atomic mass is 32.2. The number of rotatable bonds is 4. The number of carbonyl (C=O) groups is 1. The van der Waals surface area contributed by atoms with Crippen molar-refractivity contribution in [3.8, 4) is 0 Å². The Labute approximate surface area is 138 Å². The fraction of sp³-hybridized carbons (Fsp3) is 0.375. The summed E-state index contributed by atoms with van der Waals surface area (Å²) in [4.78, 5) is 33.3. The zero-order valence-electron chi connectivity index (χ0n) is 13.1. The highest BCUT2D eigenvalue weighted by Gasteiger charge is 2.28. The van der Waals surface area contributed by atoms with Crippen molar-refractivity contribution in [1.29, 1.82) is 0 Å². The average Bonchev–Trinajstić information content (AvgIpc) is 2.91. The van der Waals surface area contributed by atoms with E-state index in [4.69, 9.17) is 0 Å². The van der Waals surface area contributed by atoms with Crippen LogP contribution in [-0.4, -0.2) is 26.2 Å². The van der Waals surface area contributed by atoms with E-state index in [0.717, 1.165) is 11.3 Å². The molecule has 120 valence electrons. The Morgan fingerprint density at radius 2 is 2.35 bits per heavy atom. The van der Waals surface area contributed by atoms with E-state index in [1.54, 1.807) is 29.1 Å². The summed E-state index contributed by atoms with van der Waals surface area (Å²) in [7, 11) is 0. The van der Waals surface area contributed by atoms with Crippen molar-refractivity contribution in [3.63, 3.8) is 0 Å². The molecule has 1 aliphatic rings. The lowest BCUT2D eigenvalue weighted by Crippen LogP contribution is -2.30. The second kappa shape index (κ2) is 6.54. The molecule has 1 atom stereocenters. The number of aryl methyl sites for hydroxylation is 1. The third-order valence-corrected chi connectivity index (χ3v) is 4.97. The van der Waals surface area contributed by atoms with Crippen LogP contribution >= 0.6 is 11.8 Å². The number of anilines is 1. The van der Waals surface area contributed by atoms with E-state index in [-0.39, 0.29) is 23.9 Å². The maximum atomic E-state index is 12.6. The van der Waals surface area contributed by atoms with Gasteiger partial charge in [-0.2, -0.15) is 0 Å². The SMILES string of the molecule is CCc1c(C)nc2n(c1=O)C(CC(=O)Nc1cccnc1)CS2. The average molecular weight is 330 g/mol. The van der Waals surface area contributed by atoms with Gasteiger partial charge in [0.2, 0.25) is 5.91 Å². The molecule has 2 aromatic rings. The van der Waals surface area contributed by atoms with Crippen molar-refractivity contribution in [1.82, 2.24) is 14.5 Å². The van der Waals surface area contributed by atoms with Gasteiger partial charge in [-0.25, -0.2) is 4.98 Å².